The zero-order valence-electron chi connectivity index (χ0n) is 9.76. The molecule has 0 saturated heterocycles. The number of aromatic nitrogens is 1. The maximum atomic E-state index is 10.2. The number of nitrogens with one attached hydrogen (secondary N) is 1. The Morgan fingerprint density at radius 1 is 1.35 bits per heavy atom. The molecular weight excluding hydrogens is 216 g/mol. The zero-order valence-corrected chi connectivity index (χ0v) is 9.76. The summed E-state index contributed by atoms with van der Waals surface area (Å²) in [5, 5.41) is 13.3. The van der Waals surface area contributed by atoms with Gasteiger partial charge in [0.05, 0.1) is 12.0 Å². The van der Waals surface area contributed by atoms with Crippen molar-refractivity contribution in [2.24, 2.45) is 0 Å². The molecule has 0 fully saturated rings. The fourth-order valence-corrected chi connectivity index (χ4v) is 1.61. The van der Waals surface area contributed by atoms with E-state index in [-0.39, 0.29) is 0 Å². The van der Waals surface area contributed by atoms with Gasteiger partial charge < -0.3 is 14.8 Å². The molecule has 1 atom stereocenters. The lowest BCUT2D eigenvalue weighted by Crippen LogP contribution is -2.34. The third kappa shape index (κ3) is 3.15. The average Bonchev–Trinajstić information content (AvgIpc) is 2.84. The third-order valence-corrected chi connectivity index (χ3v) is 2.55. The lowest BCUT2D eigenvalue weighted by atomic mass is 10.0. The van der Waals surface area contributed by atoms with Crippen LogP contribution in [0.25, 0.3) is 0 Å². The molecule has 90 valence electrons. The van der Waals surface area contributed by atoms with Gasteiger partial charge in [0.15, 0.2) is 0 Å². The Bertz CT molecular complexity index is 438. The second-order valence-electron chi connectivity index (χ2n) is 4.18. The first kappa shape index (κ1) is 11.8. The van der Waals surface area contributed by atoms with E-state index in [0.717, 1.165) is 5.69 Å². The summed E-state index contributed by atoms with van der Waals surface area (Å²) in [6.07, 6.45) is 3.31. The molecule has 2 heterocycles. The summed E-state index contributed by atoms with van der Waals surface area (Å²) in [5.74, 6) is 0.561. The van der Waals surface area contributed by atoms with Gasteiger partial charge in [0.1, 0.15) is 11.4 Å². The second-order valence-corrected chi connectivity index (χ2v) is 4.18. The van der Waals surface area contributed by atoms with Crippen molar-refractivity contribution in [1.82, 2.24) is 10.3 Å². The second kappa shape index (κ2) is 5.12. The SMILES string of the molecule is CC(O)(CNCc1ccccn1)c1ccco1. The molecule has 2 rings (SSSR count). The van der Waals surface area contributed by atoms with E-state index in [4.69, 9.17) is 4.42 Å². The Hall–Kier alpha value is -1.65. The predicted octanol–water partition coefficient (Wildman–Crippen LogP) is 1.67. The standard InChI is InChI=1S/C13H16N2O2/c1-13(16,12-6-4-8-17-12)10-14-9-11-5-2-3-7-15-11/h2-8,14,16H,9-10H2,1H3. The van der Waals surface area contributed by atoms with Crippen LogP contribution in [-0.4, -0.2) is 16.6 Å². The van der Waals surface area contributed by atoms with Gasteiger partial charge in [-0.25, -0.2) is 0 Å². The molecular formula is C13H16N2O2. The predicted molar refractivity (Wildman–Crippen MR) is 64.2 cm³/mol. The molecule has 2 aromatic rings. The molecule has 2 aromatic heterocycles. The van der Waals surface area contributed by atoms with E-state index in [1.807, 2.05) is 18.2 Å². The Balaban J connectivity index is 1.86. The van der Waals surface area contributed by atoms with Crippen LogP contribution in [0.4, 0.5) is 0 Å². The first-order valence-electron chi connectivity index (χ1n) is 5.55. The fourth-order valence-electron chi connectivity index (χ4n) is 1.61. The highest BCUT2D eigenvalue weighted by atomic mass is 16.4. The van der Waals surface area contributed by atoms with Crippen molar-refractivity contribution < 1.29 is 9.52 Å². The summed E-state index contributed by atoms with van der Waals surface area (Å²) in [5.41, 5.74) is -0.0547. The lowest BCUT2D eigenvalue weighted by molar-refractivity contribution is 0.0340. The highest BCUT2D eigenvalue weighted by molar-refractivity contribution is 5.09. The molecule has 0 aliphatic carbocycles. The van der Waals surface area contributed by atoms with Crippen molar-refractivity contribution in [3.8, 4) is 0 Å². The van der Waals surface area contributed by atoms with Crippen LogP contribution in [0.15, 0.2) is 47.2 Å². The molecule has 0 amide bonds. The van der Waals surface area contributed by atoms with Gasteiger partial charge >= 0.3 is 0 Å². The van der Waals surface area contributed by atoms with Crippen LogP contribution in [0, 0.1) is 0 Å². The van der Waals surface area contributed by atoms with Crippen molar-refractivity contribution in [2.45, 2.75) is 19.1 Å². The Kier molecular flexibility index (Phi) is 3.56. The summed E-state index contributed by atoms with van der Waals surface area (Å²) in [6, 6.07) is 9.29. The molecule has 4 nitrogen and oxygen atoms in total. The maximum absolute atomic E-state index is 10.2. The Morgan fingerprint density at radius 2 is 2.24 bits per heavy atom. The van der Waals surface area contributed by atoms with Crippen molar-refractivity contribution in [3.05, 3.63) is 54.2 Å². The van der Waals surface area contributed by atoms with E-state index >= 15 is 0 Å². The van der Waals surface area contributed by atoms with Crippen LogP contribution < -0.4 is 5.32 Å². The van der Waals surface area contributed by atoms with Gasteiger partial charge in [0.2, 0.25) is 0 Å². The van der Waals surface area contributed by atoms with Gasteiger partial charge in [0.25, 0.3) is 0 Å². The van der Waals surface area contributed by atoms with Crippen molar-refractivity contribution in [3.63, 3.8) is 0 Å². The number of aliphatic hydroxyl groups is 1. The van der Waals surface area contributed by atoms with Crippen LogP contribution in [0.1, 0.15) is 18.4 Å². The number of nitrogens with zero attached hydrogens (tertiary/aromatic N) is 1. The third-order valence-electron chi connectivity index (χ3n) is 2.55. The van der Waals surface area contributed by atoms with Crippen LogP contribution >= 0.6 is 0 Å². The summed E-state index contributed by atoms with van der Waals surface area (Å²) < 4.78 is 5.20. The summed E-state index contributed by atoms with van der Waals surface area (Å²) >= 11 is 0. The van der Waals surface area contributed by atoms with Crippen molar-refractivity contribution in [2.75, 3.05) is 6.54 Å². The van der Waals surface area contributed by atoms with Gasteiger partial charge in [-0.15, -0.1) is 0 Å². The first-order chi connectivity index (χ1) is 8.18. The highest BCUT2D eigenvalue weighted by Gasteiger charge is 2.25. The number of furan rings is 1. The van der Waals surface area contributed by atoms with E-state index in [1.165, 1.54) is 0 Å². The molecule has 0 radical (unpaired) electrons. The number of rotatable bonds is 5. The Labute approximate surface area is 100 Å². The maximum Gasteiger partial charge on any atom is 0.136 e. The average molecular weight is 232 g/mol. The van der Waals surface area contributed by atoms with Gasteiger partial charge in [-0.1, -0.05) is 6.07 Å². The molecule has 4 heteroatoms. The van der Waals surface area contributed by atoms with E-state index in [9.17, 15) is 5.11 Å². The van der Waals surface area contributed by atoms with E-state index < -0.39 is 5.60 Å². The quantitative estimate of drug-likeness (QED) is 0.823. The van der Waals surface area contributed by atoms with Gasteiger partial charge in [0, 0.05) is 19.3 Å². The number of hydrogen-bond donors (Lipinski definition) is 2. The minimum absolute atomic E-state index is 0.414. The van der Waals surface area contributed by atoms with Crippen molar-refractivity contribution in [1.29, 1.82) is 0 Å². The topological polar surface area (TPSA) is 58.3 Å². The molecule has 17 heavy (non-hydrogen) atoms. The molecule has 0 spiro atoms. The summed E-state index contributed by atoms with van der Waals surface area (Å²) in [6.45, 7) is 2.76. The lowest BCUT2D eigenvalue weighted by Gasteiger charge is -2.21. The normalized spacial score (nSPS) is 14.5. The van der Waals surface area contributed by atoms with Crippen LogP contribution in [0.3, 0.4) is 0 Å². The van der Waals surface area contributed by atoms with Crippen LogP contribution in [0.2, 0.25) is 0 Å². The fraction of sp³-hybridized carbons (Fsp3) is 0.308. The molecule has 1 unspecified atom stereocenters. The molecule has 0 bridgehead atoms. The Morgan fingerprint density at radius 3 is 2.88 bits per heavy atom. The summed E-state index contributed by atoms with van der Waals surface area (Å²) in [4.78, 5) is 4.19. The van der Waals surface area contributed by atoms with E-state index in [2.05, 4.69) is 10.3 Å². The van der Waals surface area contributed by atoms with Gasteiger partial charge in [-0.3, -0.25) is 4.98 Å². The monoisotopic (exact) mass is 232 g/mol. The smallest absolute Gasteiger partial charge is 0.136 e. The van der Waals surface area contributed by atoms with Gasteiger partial charge in [-0.05, 0) is 31.2 Å². The van der Waals surface area contributed by atoms with Crippen LogP contribution in [-0.2, 0) is 12.1 Å². The minimum Gasteiger partial charge on any atom is -0.466 e. The molecule has 2 N–H and O–H groups in total. The van der Waals surface area contributed by atoms with Crippen molar-refractivity contribution >= 4 is 0 Å². The van der Waals surface area contributed by atoms with E-state index in [0.29, 0.717) is 18.8 Å². The molecule has 0 saturated carbocycles. The molecule has 0 aliphatic rings. The summed E-state index contributed by atoms with van der Waals surface area (Å²) in [7, 11) is 0. The molecule has 0 aromatic carbocycles. The largest absolute Gasteiger partial charge is 0.466 e. The number of pyridine rings is 1. The zero-order chi connectivity index (χ0) is 12.1. The molecule has 0 aliphatic heterocycles. The first-order valence-corrected chi connectivity index (χ1v) is 5.55. The van der Waals surface area contributed by atoms with E-state index in [1.54, 1.807) is 31.5 Å². The highest BCUT2D eigenvalue weighted by Crippen LogP contribution is 2.19. The van der Waals surface area contributed by atoms with Gasteiger partial charge in [-0.2, -0.15) is 0 Å². The van der Waals surface area contributed by atoms with Crippen LogP contribution in [0.5, 0.6) is 0 Å². The number of hydrogen-bond acceptors (Lipinski definition) is 4. The minimum atomic E-state index is -1.00.